The minimum atomic E-state index is -0.551. The summed E-state index contributed by atoms with van der Waals surface area (Å²) in [5, 5.41) is 20.1. The van der Waals surface area contributed by atoms with E-state index in [0.717, 1.165) is 37.7 Å². The number of fused-ring (bicyclic) bond motifs is 4. The maximum Gasteiger partial charge on any atom is 0.158 e. The highest BCUT2D eigenvalue weighted by Gasteiger charge is 2.51. The fourth-order valence-electron chi connectivity index (χ4n) is 6.00. The summed E-state index contributed by atoms with van der Waals surface area (Å²) in [6, 6.07) is 0. The van der Waals surface area contributed by atoms with Crippen molar-refractivity contribution in [3.63, 3.8) is 0 Å². The van der Waals surface area contributed by atoms with Crippen molar-refractivity contribution in [3.8, 4) is 0 Å². The predicted octanol–water partition coefficient (Wildman–Crippen LogP) is 3.02. The number of hydrogen-bond acceptors (Lipinski definition) is 3. The second-order valence-electron chi connectivity index (χ2n) is 8.66. The smallest absolute Gasteiger partial charge is 0.158 e. The van der Waals surface area contributed by atoms with Crippen LogP contribution in [-0.2, 0) is 4.79 Å². The van der Waals surface area contributed by atoms with Crippen molar-refractivity contribution < 1.29 is 15.0 Å². The largest absolute Gasteiger partial charge is 0.390 e. The molecule has 0 aromatic rings. The molecule has 7 atom stereocenters. The number of carbonyl (C=O) groups excluding carboxylic acids is 1. The van der Waals surface area contributed by atoms with Gasteiger partial charge in [-0.05, 0) is 79.3 Å². The van der Waals surface area contributed by atoms with Crippen LogP contribution in [0.5, 0.6) is 0 Å². The van der Waals surface area contributed by atoms with E-state index in [1.807, 2.05) is 6.92 Å². The zero-order chi connectivity index (χ0) is 16.4. The molecule has 0 aromatic carbocycles. The van der Waals surface area contributed by atoms with Crippen molar-refractivity contribution in [2.24, 2.45) is 29.1 Å². The molecule has 0 spiro atoms. The van der Waals surface area contributed by atoms with Gasteiger partial charge in [-0.1, -0.05) is 19.1 Å². The molecular formula is C20H28O3. The number of allylic oxidation sites excluding steroid dienone is 4. The number of aliphatic hydroxyl groups excluding tert-OH is 2. The molecule has 3 heteroatoms. The number of carbonyl (C=O) groups is 1. The van der Waals surface area contributed by atoms with Crippen molar-refractivity contribution in [3.05, 3.63) is 23.3 Å². The van der Waals surface area contributed by atoms with E-state index in [2.05, 4.69) is 19.1 Å². The average molecular weight is 316 g/mol. The topological polar surface area (TPSA) is 57.5 Å². The van der Waals surface area contributed by atoms with Gasteiger partial charge in [-0.15, -0.1) is 0 Å². The number of hydrogen-bond donors (Lipinski definition) is 2. The summed E-state index contributed by atoms with van der Waals surface area (Å²) in [6.07, 6.45) is 8.87. The summed E-state index contributed by atoms with van der Waals surface area (Å²) in [5.41, 5.74) is 2.43. The SMILES string of the molecule is CC1=C2C=C[C@]3(C)C[C@@H]4C[C@H](O)[C@H](O)C[C@@H]4C[C@@H]3[C@@H]2CCC1=O. The molecule has 0 radical (unpaired) electrons. The van der Waals surface area contributed by atoms with E-state index in [9.17, 15) is 15.0 Å². The summed E-state index contributed by atoms with van der Waals surface area (Å²) in [5.74, 6) is 2.45. The molecule has 0 bridgehead atoms. The van der Waals surface area contributed by atoms with Gasteiger partial charge in [-0.2, -0.15) is 0 Å². The molecule has 2 fully saturated rings. The fraction of sp³-hybridized carbons (Fsp3) is 0.750. The molecule has 0 aliphatic heterocycles. The Bertz CT molecular complexity index is 590. The lowest BCUT2D eigenvalue weighted by Gasteiger charge is -2.55. The number of ketones is 1. The summed E-state index contributed by atoms with van der Waals surface area (Å²) in [7, 11) is 0. The first-order chi connectivity index (χ1) is 10.9. The standard InChI is InChI=1S/C20H28O3/c1-11-14-5-6-20(2)10-13-9-19(23)18(22)8-12(13)7-16(20)15(14)3-4-17(11)21/h5-6,12-13,15-16,18-19,22-23H,3-4,7-10H2,1-2H3/t12-,13-,15+,16+,18+,19-,20+/m0/s1. The van der Waals surface area contributed by atoms with E-state index in [-0.39, 0.29) is 5.41 Å². The van der Waals surface area contributed by atoms with Crippen molar-refractivity contribution in [2.45, 2.75) is 64.6 Å². The lowest BCUT2D eigenvalue weighted by molar-refractivity contribution is -0.117. The van der Waals surface area contributed by atoms with Crippen molar-refractivity contribution in [1.82, 2.24) is 0 Å². The number of rotatable bonds is 0. The predicted molar refractivity (Wildman–Crippen MR) is 88.6 cm³/mol. The zero-order valence-corrected chi connectivity index (χ0v) is 14.2. The van der Waals surface area contributed by atoms with Gasteiger partial charge in [0.2, 0.25) is 0 Å². The Hall–Kier alpha value is -0.930. The summed E-state index contributed by atoms with van der Waals surface area (Å²) in [6.45, 7) is 4.35. The van der Waals surface area contributed by atoms with Crippen LogP contribution in [0.3, 0.4) is 0 Å². The third-order valence-corrected chi connectivity index (χ3v) is 7.37. The fourth-order valence-corrected chi connectivity index (χ4v) is 6.00. The molecule has 4 rings (SSSR count). The molecule has 2 saturated carbocycles. The van der Waals surface area contributed by atoms with Gasteiger partial charge in [0.05, 0.1) is 12.2 Å². The molecule has 126 valence electrons. The van der Waals surface area contributed by atoms with Gasteiger partial charge in [0, 0.05) is 6.42 Å². The Morgan fingerprint density at radius 3 is 2.57 bits per heavy atom. The molecule has 4 aliphatic rings. The molecule has 0 amide bonds. The van der Waals surface area contributed by atoms with E-state index in [1.165, 1.54) is 5.57 Å². The normalized spacial score (nSPS) is 49.5. The molecule has 0 saturated heterocycles. The van der Waals surface area contributed by atoms with Gasteiger partial charge in [0.15, 0.2) is 5.78 Å². The Morgan fingerprint density at radius 2 is 1.83 bits per heavy atom. The minimum absolute atomic E-state index is 0.179. The van der Waals surface area contributed by atoms with Crippen LogP contribution in [0.4, 0.5) is 0 Å². The van der Waals surface area contributed by atoms with Crippen LogP contribution in [-0.4, -0.2) is 28.2 Å². The van der Waals surface area contributed by atoms with Crippen LogP contribution in [0, 0.1) is 29.1 Å². The van der Waals surface area contributed by atoms with Gasteiger partial charge in [0.25, 0.3) is 0 Å². The maximum absolute atomic E-state index is 12.0. The third kappa shape index (κ3) is 2.35. The van der Waals surface area contributed by atoms with Crippen LogP contribution < -0.4 is 0 Å². The molecule has 4 aliphatic carbocycles. The summed E-state index contributed by atoms with van der Waals surface area (Å²) >= 11 is 0. The highest BCUT2D eigenvalue weighted by Crippen LogP contribution is 2.58. The first-order valence-electron chi connectivity index (χ1n) is 9.18. The lowest BCUT2D eigenvalue weighted by atomic mass is 9.50. The molecule has 0 aromatic heterocycles. The van der Waals surface area contributed by atoms with Gasteiger partial charge in [-0.3, -0.25) is 4.79 Å². The van der Waals surface area contributed by atoms with Gasteiger partial charge >= 0.3 is 0 Å². The van der Waals surface area contributed by atoms with Gasteiger partial charge in [0.1, 0.15) is 0 Å². The van der Waals surface area contributed by atoms with Crippen molar-refractivity contribution in [1.29, 1.82) is 0 Å². The Kier molecular flexibility index (Phi) is 3.58. The highest BCUT2D eigenvalue weighted by atomic mass is 16.3. The van der Waals surface area contributed by atoms with E-state index in [1.54, 1.807) is 0 Å². The van der Waals surface area contributed by atoms with E-state index in [0.29, 0.717) is 35.9 Å². The Morgan fingerprint density at radius 1 is 1.13 bits per heavy atom. The molecule has 0 heterocycles. The van der Waals surface area contributed by atoms with E-state index < -0.39 is 12.2 Å². The van der Waals surface area contributed by atoms with Gasteiger partial charge < -0.3 is 10.2 Å². The Balaban J connectivity index is 1.67. The molecule has 0 unspecified atom stereocenters. The number of Topliss-reactive ketones (excluding diaryl/α,β-unsaturated/α-hetero) is 1. The van der Waals surface area contributed by atoms with Crippen LogP contribution in [0.25, 0.3) is 0 Å². The average Bonchev–Trinajstić information content (AvgIpc) is 2.50. The summed E-state index contributed by atoms with van der Waals surface area (Å²) < 4.78 is 0. The highest BCUT2D eigenvalue weighted by molar-refractivity contribution is 5.97. The van der Waals surface area contributed by atoms with E-state index >= 15 is 0 Å². The second kappa shape index (κ2) is 5.29. The van der Waals surface area contributed by atoms with Crippen LogP contribution >= 0.6 is 0 Å². The third-order valence-electron chi connectivity index (χ3n) is 7.37. The molecule has 3 nitrogen and oxygen atoms in total. The minimum Gasteiger partial charge on any atom is -0.390 e. The molecular weight excluding hydrogens is 288 g/mol. The Labute approximate surface area is 138 Å². The van der Waals surface area contributed by atoms with Gasteiger partial charge in [-0.25, -0.2) is 0 Å². The van der Waals surface area contributed by atoms with Crippen molar-refractivity contribution in [2.75, 3.05) is 0 Å². The first-order valence-corrected chi connectivity index (χ1v) is 9.18. The van der Waals surface area contributed by atoms with Crippen LogP contribution in [0.1, 0.15) is 52.4 Å². The van der Waals surface area contributed by atoms with Crippen molar-refractivity contribution >= 4 is 5.78 Å². The van der Waals surface area contributed by atoms with Crippen LogP contribution in [0.2, 0.25) is 0 Å². The molecule has 23 heavy (non-hydrogen) atoms. The quantitative estimate of drug-likeness (QED) is 0.722. The summed E-state index contributed by atoms with van der Waals surface area (Å²) in [4.78, 5) is 12.0. The zero-order valence-electron chi connectivity index (χ0n) is 14.2. The first kappa shape index (κ1) is 15.6. The molecule has 2 N–H and O–H groups in total. The lowest BCUT2D eigenvalue weighted by Crippen LogP contribution is -2.49. The second-order valence-corrected chi connectivity index (χ2v) is 8.66. The number of aliphatic hydroxyl groups is 2. The monoisotopic (exact) mass is 316 g/mol. The maximum atomic E-state index is 12.0. The van der Waals surface area contributed by atoms with E-state index in [4.69, 9.17) is 0 Å². The van der Waals surface area contributed by atoms with Crippen LogP contribution in [0.15, 0.2) is 23.3 Å².